The van der Waals surface area contributed by atoms with Gasteiger partial charge < -0.3 is 25.4 Å². The van der Waals surface area contributed by atoms with Gasteiger partial charge in [0.1, 0.15) is 23.2 Å². The third kappa shape index (κ3) is 6.55. The zero-order chi connectivity index (χ0) is 30.5. The van der Waals surface area contributed by atoms with Crippen molar-refractivity contribution in [2.75, 3.05) is 25.2 Å². The lowest BCUT2D eigenvalue weighted by atomic mass is 10.0. The number of β-lactam (4-membered cyclic amide) rings is 1. The Morgan fingerprint density at radius 2 is 1.81 bits per heavy atom. The van der Waals surface area contributed by atoms with Gasteiger partial charge in [0, 0.05) is 11.1 Å². The number of carbonyl (C=O) groups is 3. The topological polar surface area (TPSA) is 145 Å². The number of carbonyl (C=O) groups excluding carboxylic acids is 3. The van der Waals surface area contributed by atoms with Gasteiger partial charge >= 0.3 is 5.97 Å². The fourth-order valence-electron chi connectivity index (χ4n) is 4.53. The molecule has 43 heavy (non-hydrogen) atoms. The van der Waals surface area contributed by atoms with Crippen molar-refractivity contribution in [1.82, 2.24) is 15.2 Å². The highest BCUT2D eigenvalue weighted by molar-refractivity contribution is 8.00. The maximum Gasteiger partial charge on any atom is 0.346 e. The number of nitrogens with one attached hydrogen (secondary N) is 1. The number of ether oxygens (including phenoxy) is 2. The summed E-state index contributed by atoms with van der Waals surface area (Å²) in [5.74, 6) is -1.17. The average Bonchev–Trinajstić information content (AvgIpc) is 3.46. The number of hydrogen-bond acceptors (Lipinski definition) is 12. The van der Waals surface area contributed by atoms with Gasteiger partial charge in [-0.3, -0.25) is 14.5 Å². The van der Waals surface area contributed by atoms with Gasteiger partial charge in [-0.15, -0.1) is 23.1 Å². The molecule has 2 aliphatic rings. The molecule has 1 aromatic heterocycles. The molecule has 0 aliphatic carbocycles. The first-order valence-corrected chi connectivity index (χ1v) is 15.4. The van der Waals surface area contributed by atoms with Crippen molar-refractivity contribution in [2.45, 2.75) is 24.4 Å². The van der Waals surface area contributed by atoms with Crippen molar-refractivity contribution in [3.05, 3.63) is 94.1 Å². The Morgan fingerprint density at radius 1 is 1.16 bits per heavy atom. The van der Waals surface area contributed by atoms with E-state index in [9.17, 15) is 14.4 Å². The number of anilines is 1. The lowest BCUT2D eigenvalue weighted by molar-refractivity contribution is -0.145. The predicted octanol–water partition coefficient (Wildman–Crippen LogP) is 3.43. The van der Waals surface area contributed by atoms with Crippen LogP contribution in [0, 0.1) is 0 Å². The first-order chi connectivity index (χ1) is 20.8. The smallest absolute Gasteiger partial charge is 0.346 e. The summed E-state index contributed by atoms with van der Waals surface area (Å²) >= 11 is 8.39. The van der Waals surface area contributed by atoms with Crippen LogP contribution in [0.15, 0.2) is 82.5 Å². The Hall–Kier alpha value is -4.27. The molecule has 3 N–H and O–H groups in total. The number of nitrogen functional groups attached to an aromatic ring is 1. The average molecular weight is 638 g/mol. The number of fused-ring (bicyclic) bond motifs is 1. The summed E-state index contributed by atoms with van der Waals surface area (Å²) in [5.41, 5.74) is 8.89. The number of nitrogens with two attached hydrogens (primary N) is 1. The molecule has 1 saturated heterocycles. The minimum absolute atomic E-state index is 0.142. The number of methoxy groups -OCH3 is 1. The standard InChI is InChI=1S/C29H27N5O6S3/c1-16-14-42-27-22(32-25(36)21(19-15-43-29(30)31-19)33-39-13-20(35)38-2)26(37)34(27)23(16)28(41)40-24(17-9-5-3-6-10-17)18-11-7-4-8-12-18/h3-12,15,22,24,27H,13-14H2,1-2H3,(H2,30,31)(H,32,36)/t22?,27-/m1/s1. The van der Waals surface area contributed by atoms with E-state index in [1.807, 2.05) is 67.6 Å². The Labute approximate surface area is 261 Å². The third-order valence-electron chi connectivity index (χ3n) is 6.61. The van der Waals surface area contributed by atoms with E-state index in [4.69, 9.17) is 27.5 Å². The molecule has 14 heteroatoms. The highest BCUT2D eigenvalue weighted by Gasteiger charge is 2.53. The zero-order valence-electron chi connectivity index (χ0n) is 23.1. The number of hydrogen-bond donors (Lipinski definition) is 2. The van der Waals surface area contributed by atoms with E-state index in [-0.39, 0.29) is 27.5 Å². The second-order valence-electron chi connectivity index (χ2n) is 9.46. The number of thiocarbonyl (C=S) groups is 1. The molecule has 0 spiro atoms. The highest BCUT2D eigenvalue weighted by Crippen LogP contribution is 2.41. The molecule has 0 bridgehead atoms. The molecule has 1 unspecified atom stereocenters. The molecule has 2 amide bonds. The van der Waals surface area contributed by atoms with Crippen LogP contribution < -0.4 is 11.1 Å². The van der Waals surface area contributed by atoms with Crippen LogP contribution >= 0.6 is 35.3 Å². The van der Waals surface area contributed by atoms with Crippen LogP contribution in [0.5, 0.6) is 0 Å². The monoisotopic (exact) mass is 637 g/mol. The fourth-order valence-corrected chi connectivity index (χ4v) is 6.74. The van der Waals surface area contributed by atoms with Gasteiger partial charge in [0.05, 0.1) is 12.8 Å². The van der Waals surface area contributed by atoms with E-state index >= 15 is 0 Å². The Morgan fingerprint density at radius 3 is 2.40 bits per heavy atom. The van der Waals surface area contributed by atoms with E-state index < -0.39 is 36.0 Å². The van der Waals surface area contributed by atoms with E-state index in [2.05, 4.69) is 20.2 Å². The maximum absolute atomic E-state index is 13.5. The number of oxime groups is 1. The van der Waals surface area contributed by atoms with Crippen molar-refractivity contribution in [1.29, 1.82) is 0 Å². The molecule has 3 heterocycles. The van der Waals surface area contributed by atoms with Crippen LogP contribution in [-0.4, -0.2) is 69.3 Å². The second kappa shape index (κ2) is 13.4. The second-order valence-corrected chi connectivity index (χ2v) is 11.8. The number of amides is 2. The summed E-state index contributed by atoms with van der Waals surface area (Å²) in [4.78, 5) is 48.9. The predicted molar refractivity (Wildman–Crippen MR) is 167 cm³/mol. The Bertz CT molecular complexity index is 1550. The van der Waals surface area contributed by atoms with Gasteiger partial charge in [-0.2, -0.15) is 0 Å². The lowest BCUT2D eigenvalue weighted by Crippen LogP contribution is -2.71. The van der Waals surface area contributed by atoms with Crippen molar-refractivity contribution < 1.29 is 28.7 Å². The molecule has 5 rings (SSSR count). The molecular formula is C29H27N5O6S3. The van der Waals surface area contributed by atoms with Gasteiger partial charge in [0.2, 0.25) is 11.7 Å². The molecule has 222 valence electrons. The molecule has 2 aliphatic heterocycles. The van der Waals surface area contributed by atoms with Crippen molar-refractivity contribution in [2.24, 2.45) is 5.16 Å². The number of benzene rings is 2. The molecule has 3 aromatic rings. The van der Waals surface area contributed by atoms with Crippen LogP contribution in [0.2, 0.25) is 0 Å². The molecule has 1 fully saturated rings. The third-order valence-corrected chi connectivity index (χ3v) is 9.00. The van der Waals surface area contributed by atoms with E-state index in [0.717, 1.165) is 28.0 Å². The number of thiazole rings is 1. The van der Waals surface area contributed by atoms with Gasteiger partial charge in [0.25, 0.3) is 11.8 Å². The number of aromatic nitrogens is 1. The molecule has 2 aromatic carbocycles. The number of rotatable bonds is 10. The van der Waals surface area contributed by atoms with Crippen molar-refractivity contribution >= 4 is 69.0 Å². The summed E-state index contributed by atoms with van der Waals surface area (Å²) in [6.45, 7) is 1.39. The van der Waals surface area contributed by atoms with Crippen LogP contribution in [0.4, 0.5) is 5.13 Å². The highest BCUT2D eigenvalue weighted by atomic mass is 32.2. The molecule has 0 saturated carbocycles. The largest absolute Gasteiger partial charge is 0.469 e. The molecular weight excluding hydrogens is 611 g/mol. The van der Waals surface area contributed by atoms with Crippen LogP contribution in [-0.2, 0) is 28.7 Å². The number of esters is 1. The summed E-state index contributed by atoms with van der Waals surface area (Å²) in [6, 6.07) is 18.6. The van der Waals surface area contributed by atoms with Gasteiger partial charge in [0.15, 0.2) is 10.8 Å². The zero-order valence-corrected chi connectivity index (χ0v) is 25.5. The number of thioether (sulfide) groups is 1. The first kappa shape index (κ1) is 30.2. The van der Waals surface area contributed by atoms with Gasteiger partial charge in [-0.25, -0.2) is 9.78 Å². The van der Waals surface area contributed by atoms with Crippen molar-refractivity contribution in [3.63, 3.8) is 0 Å². The summed E-state index contributed by atoms with van der Waals surface area (Å²) in [7, 11) is 1.20. The fraction of sp³-hybridized carbons (Fsp3) is 0.241. The maximum atomic E-state index is 13.5. The summed E-state index contributed by atoms with van der Waals surface area (Å²) < 4.78 is 10.9. The lowest BCUT2D eigenvalue weighted by Gasteiger charge is -2.50. The van der Waals surface area contributed by atoms with Gasteiger partial charge in [-0.05, 0) is 35.8 Å². The first-order valence-electron chi connectivity index (χ1n) is 13.0. The SMILES string of the molecule is COC(=O)CON=C(C(=O)NC1C(=O)N2C(C(=S)OC(c3ccccc3)c3ccccc3)=C(C)CS[C@H]12)c1csc(N)n1. The van der Waals surface area contributed by atoms with Crippen LogP contribution in [0.3, 0.4) is 0 Å². The van der Waals surface area contributed by atoms with Gasteiger partial charge in [-0.1, -0.05) is 65.8 Å². The Balaban J connectivity index is 1.33. The molecule has 11 nitrogen and oxygen atoms in total. The summed E-state index contributed by atoms with van der Waals surface area (Å²) in [6.07, 6.45) is -0.482. The molecule has 0 radical (unpaired) electrons. The van der Waals surface area contributed by atoms with E-state index in [0.29, 0.717) is 11.4 Å². The normalized spacial score (nSPS) is 18.1. The quantitative estimate of drug-likeness (QED) is 0.112. The minimum Gasteiger partial charge on any atom is -0.469 e. The van der Waals surface area contributed by atoms with Crippen molar-refractivity contribution in [3.8, 4) is 0 Å². The van der Waals surface area contributed by atoms with Crippen LogP contribution in [0.1, 0.15) is 29.8 Å². The Kier molecular flexibility index (Phi) is 9.38. The minimum atomic E-state index is -0.871. The van der Waals surface area contributed by atoms with E-state index in [1.165, 1.54) is 24.3 Å². The van der Waals surface area contributed by atoms with E-state index in [1.54, 1.807) is 4.90 Å². The van der Waals surface area contributed by atoms with Crippen LogP contribution in [0.25, 0.3) is 0 Å². The number of nitrogens with zero attached hydrogens (tertiary/aromatic N) is 3. The summed E-state index contributed by atoms with van der Waals surface area (Å²) in [5, 5.41) is 8.02. The molecule has 2 atom stereocenters.